The summed E-state index contributed by atoms with van der Waals surface area (Å²) in [6, 6.07) is 0.450. The molecule has 5 heteroatoms. The molecule has 0 amide bonds. The van der Waals surface area contributed by atoms with Crippen molar-refractivity contribution >= 4 is 0 Å². The zero-order valence-electron chi connectivity index (χ0n) is 11.7. The molecule has 5 nitrogen and oxygen atoms in total. The summed E-state index contributed by atoms with van der Waals surface area (Å²) in [7, 11) is 5.37. The van der Waals surface area contributed by atoms with Gasteiger partial charge in [-0.25, -0.2) is 0 Å². The molecule has 2 heterocycles. The molecule has 1 atom stereocenters. The Hall–Kier alpha value is -0.910. The predicted octanol–water partition coefficient (Wildman–Crippen LogP) is 1.48. The lowest BCUT2D eigenvalue weighted by Crippen LogP contribution is -2.34. The van der Waals surface area contributed by atoms with Crippen molar-refractivity contribution in [1.82, 2.24) is 14.7 Å². The highest BCUT2D eigenvalue weighted by Gasteiger charge is 2.30. The van der Waals surface area contributed by atoms with Gasteiger partial charge in [0.15, 0.2) is 6.29 Å². The first-order chi connectivity index (χ1) is 8.67. The van der Waals surface area contributed by atoms with Crippen LogP contribution in [0.4, 0.5) is 0 Å². The SMILES string of the molecule is COC(CN1CCCC1c1cnn(C)c1C)OC. The lowest BCUT2D eigenvalue weighted by molar-refractivity contribution is -0.117. The summed E-state index contributed by atoms with van der Waals surface area (Å²) in [6.07, 6.45) is 4.25. The summed E-state index contributed by atoms with van der Waals surface area (Å²) in [5, 5.41) is 4.34. The van der Waals surface area contributed by atoms with E-state index in [0.29, 0.717) is 6.04 Å². The molecule has 0 saturated carbocycles. The van der Waals surface area contributed by atoms with E-state index in [9.17, 15) is 0 Å². The zero-order chi connectivity index (χ0) is 13.1. The Labute approximate surface area is 109 Å². The maximum Gasteiger partial charge on any atom is 0.169 e. The second-order valence-electron chi connectivity index (χ2n) is 4.86. The highest BCUT2D eigenvalue weighted by Crippen LogP contribution is 2.33. The molecule has 1 aromatic heterocycles. The van der Waals surface area contributed by atoms with Gasteiger partial charge in [-0.2, -0.15) is 5.10 Å². The molecular weight excluding hydrogens is 230 g/mol. The molecule has 102 valence electrons. The predicted molar refractivity (Wildman–Crippen MR) is 69.3 cm³/mol. The van der Waals surface area contributed by atoms with Gasteiger partial charge in [-0.3, -0.25) is 9.58 Å². The second-order valence-corrected chi connectivity index (χ2v) is 4.86. The molecule has 0 aromatic carbocycles. The lowest BCUT2D eigenvalue weighted by atomic mass is 10.1. The topological polar surface area (TPSA) is 39.5 Å². The second kappa shape index (κ2) is 5.82. The van der Waals surface area contributed by atoms with E-state index in [1.807, 2.05) is 17.9 Å². The number of likely N-dealkylation sites (tertiary alicyclic amines) is 1. The van der Waals surface area contributed by atoms with Crippen LogP contribution in [0.15, 0.2) is 6.20 Å². The van der Waals surface area contributed by atoms with E-state index < -0.39 is 0 Å². The van der Waals surface area contributed by atoms with Crippen LogP contribution >= 0.6 is 0 Å². The number of rotatable bonds is 5. The summed E-state index contributed by atoms with van der Waals surface area (Å²) in [6.45, 7) is 4.04. The van der Waals surface area contributed by atoms with Gasteiger partial charge in [0.25, 0.3) is 0 Å². The molecule has 0 radical (unpaired) electrons. The van der Waals surface area contributed by atoms with E-state index in [4.69, 9.17) is 9.47 Å². The number of aryl methyl sites for hydroxylation is 1. The molecule has 0 spiro atoms. The van der Waals surface area contributed by atoms with Crippen LogP contribution in [-0.2, 0) is 16.5 Å². The Morgan fingerprint density at radius 2 is 2.17 bits per heavy atom. The smallest absolute Gasteiger partial charge is 0.169 e. The fraction of sp³-hybridized carbons (Fsp3) is 0.769. The van der Waals surface area contributed by atoms with Crippen molar-refractivity contribution in [2.45, 2.75) is 32.1 Å². The van der Waals surface area contributed by atoms with Crippen molar-refractivity contribution in [2.24, 2.45) is 7.05 Å². The summed E-state index contributed by atoms with van der Waals surface area (Å²) in [5.41, 5.74) is 2.58. The third-order valence-electron chi connectivity index (χ3n) is 3.91. The highest BCUT2D eigenvalue weighted by atomic mass is 16.7. The first kappa shape index (κ1) is 13.5. The van der Waals surface area contributed by atoms with Crippen molar-refractivity contribution in [3.05, 3.63) is 17.5 Å². The largest absolute Gasteiger partial charge is 0.355 e. The fourth-order valence-electron chi connectivity index (χ4n) is 2.68. The number of nitrogens with zero attached hydrogens (tertiary/aromatic N) is 3. The Morgan fingerprint density at radius 3 is 2.72 bits per heavy atom. The Kier molecular flexibility index (Phi) is 4.37. The Balaban J connectivity index is 2.10. The number of hydrogen-bond donors (Lipinski definition) is 0. The molecule has 1 aliphatic heterocycles. The van der Waals surface area contributed by atoms with Crippen LogP contribution in [0.5, 0.6) is 0 Å². The highest BCUT2D eigenvalue weighted by molar-refractivity contribution is 5.21. The van der Waals surface area contributed by atoms with Gasteiger partial charge in [-0.05, 0) is 26.3 Å². The average Bonchev–Trinajstić information content (AvgIpc) is 2.95. The van der Waals surface area contributed by atoms with Gasteiger partial charge in [0.2, 0.25) is 0 Å². The van der Waals surface area contributed by atoms with Gasteiger partial charge in [-0.15, -0.1) is 0 Å². The van der Waals surface area contributed by atoms with Crippen molar-refractivity contribution < 1.29 is 9.47 Å². The van der Waals surface area contributed by atoms with E-state index in [1.54, 1.807) is 14.2 Å². The maximum atomic E-state index is 5.30. The molecule has 1 fully saturated rings. The van der Waals surface area contributed by atoms with Crippen LogP contribution in [0.2, 0.25) is 0 Å². The van der Waals surface area contributed by atoms with E-state index in [0.717, 1.165) is 13.1 Å². The molecule has 0 aliphatic carbocycles. The van der Waals surface area contributed by atoms with Crippen LogP contribution in [0.25, 0.3) is 0 Å². The van der Waals surface area contributed by atoms with Crippen LogP contribution in [0.1, 0.15) is 30.1 Å². The van der Waals surface area contributed by atoms with Gasteiger partial charge in [0.1, 0.15) is 0 Å². The molecule has 1 saturated heterocycles. The van der Waals surface area contributed by atoms with Gasteiger partial charge in [-0.1, -0.05) is 0 Å². The van der Waals surface area contributed by atoms with Crippen molar-refractivity contribution in [1.29, 1.82) is 0 Å². The zero-order valence-corrected chi connectivity index (χ0v) is 11.7. The minimum absolute atomic E-state index is 0.150. The van der Waals surface area contributed by atoms with Gasteiger partial charge < -0.3 is 9.47 Å². The third-order valence-corrected chi connectivity index (χ3v) is 3.91. The summed E-state index contributed by atoms with van der Waals surface area (Å²) in [4.78, 5) is 2.43. The fourth-order valence-corrected chi connectivity index (χ4v) is 2.68. The molecule has 1 aliphatic rings. The number of aromatic nitrogens is 2. The summed E-state index contributed by atoms with van der Waals surface area (Å²) < 4.78 is 12.5. The average molecular weight is 253 g/mol. The van der Waals surface area contributed by atoms with Crippen LogP contribution < -0.4 is 0 Å². The molecular formula is C13H23N3O2. The van der Waals surface area contributed by atoms with Gasteiger partial charge >= 0.3 is 0 Å². The molecule has 1 aromatic rings. The minimum Gasteiger partial charge on any atom is -0.355 e. The molecule has 0 N–H and O–H groups in total. The van der Waals surface area contributed by atoms with E-state index in [1.165, 1.54) is 24.1 Å². The van der Waals surface area contributed by atoms with Crippen molar-refractivity contribution in [3.63, 3.8) is 0 Å². The van der Waals surface area contributed by atoms with Crippen molar-refractivity contribution in [3.8, 4) is 0 Å². The minimum atomic E-state index is -0.150. The first-order valence-corrected chi connectivity index (χ1v) is 6.45. The standard InChI is InChI=1S/C13H23N3O2/c1-10-11(8-14-15(10)2)12-6-5-7-16(12)9-13(17-3)18-4/h8,12-13H,5-7,9H2,1-4H3. The lowest BCUT2D eigenvalue weighted by Gasteiger charge is -2.27. The quantitative estimate of drug-likeness (QED) is 0.745. The monoisotopic (exact) mass is 253 g/mol. The molecule has 1 unspecified atom stereocenters. The summed E-state index contributed by atoms with van der Waals surface area (Å²) in [5.74, 6) is 0. The molecule has 0 bridgehead atoms. The van der Waals surface area contributed by atoms with E-state index in [2.05, 4.69) is 16.9 Å². The normalized spacial score (nSPS) is 21.1. The Morgan fingerprint density at radius 1 is 1.44 bits per heavy atom. The van der Waals surface area contributed by atoms with E-state index >= 15 is 0 Å². The van der Waals surface area contributed by atoms with Crippen molar-refractivity contribution in [2.75, 3.05) is 27.3 Å². The number of ether oxygens (including phenoxy) is 2. The molecule has 2 rings (SSSR count). The van der Waals surface area contributed by atoms with Gasteiger partial charge in [0.05, 0.1) is 12.7 Å². The third kappa shape index (κ3) is 2.58. The first-order valence-electron chi connectivity index (χ1n) is 6.45. The number of methoxy groups -OCH3 is 2. The summed E-state index contributed by atoms with van der Waals surface area (Å²) >= 11 is 0. The van der Waals surface area contributed by atoms with Crippen LogP contribution in [0.3, 0.4) is 0 Å². The van der Waals surface area contributed by atoms with Gasteiger partial charge in [0, 0.05) is 38.6 Å². The van der Waals surface area contributed by atoms with Crippen LogP contribution in [0, 0.1) is 6.92 Å². The maximum absolute atomic E-state index is 5.30. The Bertz CT molecular complexity index is 388. The van der Waals surface area contributed by atoms with Crippen LogP contribution in [-0.4, -0.2) is 48.3 Å². The number of hydrogen-bond acceptors (Lipinski definition) is 4. The molecule has 18 heavy (non-hydrogen) atoms. The van der Waals surface area contributed by atoms with E-state index in [-0.39, 0.29) is 6.29 Å².